The Labute approximate surface area is 240 Å². The van der Waals surface area contributed by atoms with Crippen molar-refractivity contribution in [2.24, 2.45) is 11.7 Å². The molecule has 0 spiro atoms. The number of primary amides is 1. The fourth-order valence-electron chi connectivity index (χ4n) is 5.43. The van der Waals surface area contributed by atoms with Crippen LogP contribution in [0.4, 0.5) is 22.1 Å². The molecule has 0 radical (unpaired) electrons. The minimum absolute atomic E-state index is 0.113. The summed E-state index contributed by atoms with van der Waals surface area (Å²) in [5.74, 6) is 1.91. The molecule has 10 nitrogen and oxygen atoms in total. The second-order valence-electron chi connectivity index (χ2n) is 11.4. The van der Waals surface area contributed by atoms with E-state index in [0.29, 0.717) is 24.3 Å². The van der Waals surface area contributed by atoms with Gasteiger partial charge in [-0.1, -0.05) is 13.8 Å². The van der Waals surface area contributed by atoms with Gasteiger partial charge in [0.1, 0.15) is 22.8 Å². The molecule has 1 fully saturated rings. The number of nitrogens with two attached hydrogens (primary N) is 1. The van der Waals surface area contributed by atoms with Crippen molar-refractivity contribution in [3.05, 3.63) is 29.1 Å². The summed E-state index contributed by atoms with van der Waals surface area (Å²) in [4.78, 5) is 26.6. The van der Waals surface area contributed by atoms with Crippen LogP contribution < -0.4 is 25.4 Å². The van der Waals surface area contributed by atoms with Gasteiger partial charge in [0.15, 0.2) is 0 Å². The largest absolute Gasteiger partial charge is 0.495 e. The lowest BCUT2D eigenvalue weighted by Gasteiger charge is -2.37. The fraction of sp³-hybridized carbons (Fsp3) is 0.552. The Morgan fingerprint density at radius 2 is 2.00 bits per heavy atom. The molecule has 1 aliphatic rings. The van der Waals surface area contributed by atoms with Crippen molar-refractivity contribution in [1.82, 2.24) is 14.9 Å². The zero-order valence-corrected chi connectivity index (χ0v) is 25.4. The van der Waals surface area contributed by atoms with Crippen LogP contribution in [-0.2, 0) is 4.74 Å². The maximum Gasteiger partial charge on any atom is 0.405 e. The van der Waals surface area contributed by atoms with E-state index in [4.69, 9.17) is 29.9 Å². The Hall–Kier alpha value is -3.31. The van der Waals surface area contributed by atoms with E-state index in [2.05, 4.69) is 49.1 Å². The van der Waals surface area contributed by atoms with E-state index in [1.54, 1.807) is 7.11 Å². The molecular weight excluding hydrogens is 528 g/mol. The smallest absolute Gasteiger partial charge is 0.405 e. The van der Waals surface area contributed by atoms with Gasteiger partial charge in [-0.05, 0) is 76.2 Å². The molecular formula is C29H42N6O4S. The number of hydrogen-bond donors (Lipinski definition) is 2. The molecule has 4 rings (SSSR count). The van der Waals surface area contributed by atoms with Gasteiger partial charge in [-0.15, -0.1) is 11.3 Å². The van der Waals surface area contributed by atoms with Gasteiger partial charge in [-0.2, -0.15) is 4.98 Å². The summed E-state index contributed by atoms with van der Waals surface area (Å²) < 4.78 is 17.5. The van der Waals surface area contributed by atoms with Gasteiger partial charge >= 0.3 is 6.09 Å². The molecule has 1 amide bonds. The first-order valence-corrected chi connectivity index (χ1v) is 14.6. The predicted octanol–water partition coefficient (Wildman–Crippen LogP) is 5.56. The average Bonchev–Trinajstić information content (AvgIpc) is 3.27. The number of benzene rings is 1. The number of aryl methyl sites for hydroxylation is 1. The summed E-state index contributed by atoms with van der Waals surface area (Å²) in [6.07, 6.45) is 2.01. The molecule has 0 bridgehead atoms. The molecule has 11 heteroatoms. The van der Waals surface area contributed by atoms with Gasteiger partial charge in [-0.3, -0.25) is 0 Å². The lowest BCUT2D eigenvalue weighted by Crippen LogP contribution is -2.42. The summed E-state index contributed by atoms with van der Waals surface area (Å²) in [6.45, 7) is 10.0. The summed E-state index contributed by atoms with van der Waals surface area (Å²) in [6, 6.07) is 6.69. The highest BCUT2D eigenvalue weighted by Gasteiger charge is 2.31. The van der Waals surface area contributed by atoms with E-state index < -0.39 is 11.7 Å². The average molecular weight is 571 g/mol. The Bertz CT molecular complexity index is 1320. The number of fused-ring (bicyclic) bond motifs is 1. The van der Waals surface area contributed by atoms with E-state index in [1.165, 1.54) is 11.3 Å². The molecule has 2 aromatic heterocycles. The van der Waals surface area contributed by atoms with Crippen LogP contribution in [-0.4, -0.2) is 73.5 Å². The maximum absolute atomic E-state index is 11.6. The van der Waals surface area contributed by atoms with Crippen molar-refractivity contribution >= 4 is 45.0 Å². The van der Waals surface area contributed by atoms with Crippen LogP contribution in [0.15, 0.2) is 23.6 Å². The van der Waals surface area contributed by atoms with Crippen LogP contribution in [0.2, 0.25) is 0 Å². The normalized spacial score (nSPS) is 15.9. The lowest BCUT2D eigenvalue weighted by atomic mass is 9.95. The number of hydrogen-bond acceptors (Lipinski definition) is 10. The maximum atomic E-state index is 11.6. The number of methoxy groups -OCH3 is 1. The molecule has 3 N–H and O–H groups in total. The van der Waals surface area contributed by atoms with E-state index in [9.17, 15) is 4.79 Å². The molecule has 1 atom stereocenters. The zero-order chi connectivity index (χ0) is 29.0. The summed E-state index contributed by atoms with van der Waals surface area (Å²) in [5.41, 5.74) is 7.39. The standard InChI is InChI=1S/C29H42N6O4S/c1-18(2)15-29(4,39-27(30)36)17-38-25-24-19(3)16-40-26(24)33-28(32-25)31-20-8-9-22(23(14-20)37-7)35-12-10-21(11-13-35)34(5)6/h8-9,14,16,18,21H,10-13,15,17H2,1-7H3,(H2,30,36)(H,31,32,33). The van der Waals surface area contributed by atoms with Crippen LogP contribution in [0.3, 0.4) is 0 Å². The highest BCUT2D eigenvalue weighted by Crippen LogP contribution is 2.36. The number of amides is 1. The van der Waals surface area contributed by atoms with Crippen molar-refractivity contribution in [3.63, 3.8) is 0 Å². The quantitative estimate of drug-likeness (QED) is 0.306. The highest BCUT2D eigenvalue weighted by molar-refractivity contribution is 7.17. The molecule has 1 aromatic carbocycles. The molecule has 3 heterocycles. The van der Waals surface area contributed by atoms with E-state index in [1.807, 2.05) is 31.4 Å². The van der Waals surface area contributed by atoms with Gasteiger partial charge in [0.05, 0.1) is 18.2 Å². The Morgan fingerprint density at radius 1 is 1.27 bits per heavy atom. The topological polar surface area (TPSA) is 115 Å². The van der Waals surface area contributed by atoms with Gasteiger partial charge in [0.25, 0.3) is 0 Å². The SMILES string of the molecule is COc1cc(Nc2nc(OCC(C)(CC(C)C)OC(N)=O)c3c(C)csc3n2)ccc1N1CCC(N(C)C)CC1. The minimum Gasteiger partial charge on any atom is -0.495 e. The third-order valence-electron chi connectivity index (χ3n) is 7.26. The third-order valence-corrected chi connectivity index (χ3v) is 8.25. The van der Waals surface area contributed by atoms with Crippen molar-refractivity contribution < 1.29 is 19.0 Å². The zero-order valence-electron chi connectivity index (χ0n) is 24.6. The highest BCUT2D eigenvalue weighted by atomic mass is 32.1. The van der Waals surface area contributed by atoms with Crippen molar-refractivity contribution in [3.8, 4) is 11.6 Å². The van der Waals surface area contributed by atoms with Crippen LogP contribution in [0.5, 0.6) is 11.6 Å². The van der Waals surface area contributed by atoms with E-state index >= 15 is 0 Å². The van der Waals surface area contributed by atoms with Crippen LogP contribution >= 0.6 is 11.3 Å². The first-order valence-electron chi connectivity index (χ1n) is 13.7. The number of aromatic nitrogens is 2. The van der Waals surface area contributed by atoms with Gasteiger partial charge < -0.3 is 35.1 Å². The number of rotatable bonds is 11. The van der Waals surface area contributed by atoms with Gasteiger partial charge in [0.2, 0.25) is 11.8 Å². The summed E-state index contributed by atoms with van der Waals surface area (Å²) in [7, 11) is 5.99. The van der Waals surface area contributed by atoms with Crippen LogP contribution in [0.1, 0.15) is 45.6 Å². The minimum atomic E-state index is -0.890. The second kappa shape index (κ2) is 12.5. The summed E-state index contributed by atoms with van der Waals surface area (Å²) >= 11 is 1.53. The molecule has 0 aliphatic carbocycles. The number of carbonyl (C=O) groups is 1. The number of ether oxygens (including phenoxy) is 3. The molecule has 0 saturated carbocycles. The molecule has 1 unspecified atom stereocenters. The molecule has 218 valence electrons. The first kappa shape index (κ1) is 29.7. The molecule has 3 aromatic rings. The summed E-state index contributed by atoms with van der Waals surface area (Å²) in [5, 5.41) is 6.20. The van der Waals surface area contributed by atoms with Gasteiger partial charge in [0, 0.05) is 30.9 Å². The monoisotopic (exact) mass is 570 g/mol. The van der Waals surface area contributed by atoms with Crippen LogP contribution in [0, 0.1) is 12.8 Å². The number of anilines is 3. The van der Waals surface area contributed by atoms with Gasteiger partial charge in [-0.25, -0.2) is 9.78 Å². The number of nitrogens with one attached hydrogen (secondary N) is 1. The molecule has 1 aliphatic heterocycles. The Kier molecular flexibility index (Phi) is 9.25. The van der Waals surface area contributed by atoms with Crippen molar-refractivity contribution in [2.45, 2.75) is 58.6 Å². The number of nitrogens with zero attached hydrogens (tertiary/aromatic N) is 4. The van der Waals surface area contributed by atoms with Crippen molar-refractivity contribution in [2.75, 3.05) is 51.1 Å². The first-order chi connectivity index (χ1) is 19.0. The number of piperidine rings is 1. The molecule has 1 saturated heterocycles. The Balaban J connectivity index is 1.56. The predicted molar refractivity (Wildman–Crippen MR) is 161 cm³/mol. The number of carbonyl (C=O) groups excluding carboxylic acids is 1. The lowest BCUT2D eigenvalue weighted by molar-refractivity contribution is -0.0192. The second-order valence-corrected chi connectivity index (χ2v) is 12.3. The molecule has 40 heavy (non-hydrogen) atoms. The third kappa shape index (κ3) is 7.06. The Morgan fingerprint density at radius 3 is 2.62 bits per heavy atom. The van der Waals surface area contributed by atoms with E-state index in [0.717, 1.165) is 58.8 Å². The van der Waals surface area contributed by atoms with E-state index in [-0.39, 0.29) is 12.5 Å². The number of thiophene rings is 1. The fourth-order valence-corrected chi connectivity index (χ4v) is 6.34. The van der Waals surface area contributed by atoms with Crippen molar-refractivity contribution in [1.29, 1.82) is 0 Å². The van der Waals surface area contributed by atoms with Crippen LogP contribution in [0.25, 0.3) is 10.2 Å².